The normalized spacial score (nSPS) is 11.5. The van der Waals surface area contributed by atoms with E-state index in [9.17, 15) is 9.90 Å². The monoisotopic (exact) mass is 515 g/mol. The molecule has 0 aromatic heterocycles. The van der Waals surface area contributed by atoms with Crippen molar-refractivity contribution in [2.24, 2.45) is 5.73 Å². The summed E-state index contributed by atoms with van der Waals surface area (Å²) in [4.78, 5) is 12.9. The predicted molar refractivity (Wildman–Crippen MR) is 130 cm³/mol. The minimum Gasteiger partial charge on any atom is -0.504 e. The molecule has 3 rings (SSSR count). The fourth-order valence-electron chi connectivity index (χ4n) is 3.10. The second kappa shape index (κ2) is 10.9. The van der Waals surface area contributed by atoms with Crippen LogP contribution in [0.25, 0.3) is 5.70 Å². The van der Waals surface area contributed by atoms with Gasteiger partial charge in [-0.2, -0.15) is 0 Å². The molecule has 0 fully saturated rings. The van der Waals surface area contributed by atoms with Gasteiger partial charge in [0.25, 0.3) is 5.91 Å². The summed E-state index contributed by atoms with van der Waals surface area (Å²) in [6, 6.07) is 20.1. The number of halogens is 2. The largest absolute Gasteiger partial charge is 0.504 e. The second-order valence-electron chi connectivity index (χ2n) is 6.94. The van der Waals surface area contributed by atoms with Crippen LogP contribution < -0.4 is 21.1 Å². The van der Waals surface area contributed by atoms with Gasteiger partial charge in [-0.05, 0) is 35.4 Å². The number of hydrogen-bond donors (Lipinski definition) is 4. The average Bonchev–Trinajstić information content (AvgIpc) is 2.79. The van der Waals surface area contributed by atoms with E-state index in [4.69, 9.17) is 22.1 Å². The van der Waals surface area contributed by atoms with Crippen LogP contribution in [0.1, 0.15) is 16.7 Å². The van der Waals surface area contributed by atoms with Gasteiger partial charge in [0.1, 0.15) is 5.70 Å². The van der Waals surface area contributed by atoms with Crippen LogP contribution in [0.3, 0.4) is 0 Å². The molecular formula is C24H23BrClN3O3. The summed E-state index contributed by atoms with van der Waals surface area (Å²) < 4.78 is 5.87. The summed E-state index contributed by atoms with van der Waals surface area (Å²) in [5.41, 5.74) is 9.00. The molecule has 0 atom stereocenters. The van der Waals surface area contributed by atoms with Crippen molar-refractivity contribution in [1.29, 1.82) is 0 Å². The Morgan fingerprint density at radius 2 is 1.81 bits per heavy atom. The smallest absolute Gasteiger partial charge is 0.269 e. The van der Waals surface area contributed by atoms with Crippen LogP contribution in [-0.2, 0) is 17.9 Å². The van der Waals surface area contributed by atoms with E-state index in [2.05, 4.69) is 26.6 Å². The topological polar surface area (TPSA) is 96.6 Å². The average molecular weight is 517 g/mol. The van der Waals surface area contributed by atoms with E-state index in [1.54, 1.807) is 18.2 Å². The lowest BCUT2D eigenvalue weighted by atomic mass is 10.1. The van der Waals surface area contributed by atoms with E-state index in [1.807, 2.05) is 48.5 Å². The van der Waals surface area contributed by atoms with Gasteiger partial charge >= 0.3 is 0 Å². The first-order chi connectivity index (χ1) is 15.4. The highest BCUT2D eigenvalue weighted by molar-refractivity contribution is 9.10. The lowest BCUT2D eigenvalue weighted by Gasteiger charge is -2.16. The lowest BCUT2D eigenvalue weighted by Crippen LogP contribution is -2.31. The Kier molecular flexibility index (Phi) is 8.03. The zero-order chi connectivity index (χ0) is 23.1. The minimum atomic E-state index is -0.471. The molecule has 3 aromatic rings. The molecule has 0 radical (unpaired) electrons. The number of methoxy groups -OCH3 is 1. The Morgan fingerprint density at radius 1 is 1.06 bits per heavy atom. The molecule has 0 aliphatic rings. The lowest BCUT2D eigenvalue weighted by molar-refractivity contribution is -0.117. The van der Waals surface area contributed by atoms with Gasteiger partial charge in [0.2, 0.25) is 0 Å². The minimum absolute atomic E-state index is 0.0275. The second-order valence-corrected chi connectivity index (χ2v) is 8.29. The first-order valence-electron chi connectivity index (χ1n) is 9.76. The number of carbonyl (C=O) groups excluding carboxylic acids is 1. The van der Waals surface area contributed by atoms with Crippen molar-refractivity contribution < 1.29 is 14.6 Å². The molecule has 0 aliphatic heterocycles. The van der Waals surface area contributed by atoms with Crippen LogP contribution in [0.4, 0.5) is 0 Å². The Morgan fingerprint density at radius 3 is 2.50 bits per heavy atom. The number of benzene rings is 3. The van der Waals surface area contributed by atoms with E-state index in [-0.39, 0.29) is 18.0 Å². The quantitative estimate of drug-likeness (QED) is 0.329. The third-order valence-electron chi connectivity index (χ3n) is 4.71. The Labute approximate surface area is 200 Å². The van der Waals surface area contributed by atoms with Gasteiger partial charge in [-0.3, -0.25) is 4.79 Å². The van der Waals surface area contributed by atoms with Crippen LogP contribution in [0.15, 0.2) is 76.9 Å². The van der Waals surface area contributed by atoms with Gasteiger partial charge in [0.15, 0.2) is 11.5 Å². The zero-order valence-electron chi connectivity index (χ0n) is 17.4. The summed E-state index contributed by atoms with van der Waals surface area (Å²) in [5.74, 6) is -0.206. The standard InChI is InChI=1S/C24H23BrClN3O3/c1-32-20-12-18(25)11-17(23(20)30)14-29-24(31)21(27)22(16-7-3-2-4-8-16)28-13-15-6-5-9-19(26)10-15/h2-12,28,30H,13-14,27H2,1H3,(H,29,31)/b22-21-. The molecule has 0 aliphatic carbocycles. The Bertz CT molecular complexity index is 1140. The maximum Gasteiger partial charge on any atom is 0.269 e. The van der Waals surface area contributed by atoms with Crippen LogP contribution in [0.5, 0.6) is 11.5 Å². The molecular weight excluding hydrogens is 494 g/mol. The van der Waals surface area contributed by atoms with Crippen LogP contribution in [-0.4, -0.2) is 18.1 Å². The number of phenols is 1. The number of ether oxygens (including phenoxy) is 1. The van der Waals surface area contributed by atoms with Crippen molar-refractivity contribution in [1.82, 2.24) is 10.6 Å². The highest BCUT2D eigenvalue weighted by atomic mass is 79.9. The molecule has 8 heteroatoms. The molecule has 5 N–H and O–H groups in total. The molecule has 0 saturated heterocycles. The van der Waals surface area contributed by atoms with E-state index >= 15 is 0 Å². The summed E-state index contributed by atoms with van der Waals surface area (Å²) in [6.45, 7) is 0.500. The fourth-order valence-corrected chi connectivity index (χ4v) is 3.80. The van der Waals surface area contributed by atoms with Crippen molar-refractivity contribution in [3.05, 3.63) is 98.6 Å². The third kappa shape index (κ3) is 5.96. The number of amides is 1. The van der Waals surface area contributed by atoms with Crippen LogP contribution >= 0.6 is 27.5 Å². The van der Waals surface area contributed by atoms with Crippen LogP contribution in [0.2, 0.25) is 5.02 Å². The number of carbonyl (C=O) groups is 1. The van der Waals surface area contributed by atoms with E-state index < -0.39 is 5.91 Å². The van der Waals surface area contributed by atoms with Crippen molar-refractivity contribution in [3.8, 4) is 11.5 Å². The number of phenolic OH excluding ortho intramolecular Hbond substituents is 1. The van der Waals surface area contributed by atoms with E-state index in [1.165, 1.54) is 7.11 Å². The SMILES string of the molecule is COc1cc(Br)cc(CNC(=O)/C(N)=C(/NCc2cccc(Cl)c2)c2ccccc2)c1O. The first-order valence-corrected chi connectivity index (χ1v) is 10.9. The first kappa shape index (κ1) is 23.5. The summed E-state index contributed by atoms with van der Waals surface area (Å²) >= 11 is 9.44. The molecule has 0 unspecified atom stereocenters. The number of aromatic hydroxyl groups is 1. The molecule has 166 valence electrons. The highest BCUT2D eigenvalue weighted by Gasteiger charge is 2.16. The van der Waals surface area contributed by atoms with E-state index in [0.717, 1.165) is 11.1 Å². The Balaban J connectivity index is 1.82. The van der Waals surface area contributed by atoms with Gasteiger partial charge < -0.3 is 26.2 Å². The van der Waals surface area contributed by atoms with Crippen molar-refractivity contribution in [2.45, 2.75) is 13.1 Å². The zero-order valence-corrected chi connectivity index (χ0v) is 19.7. The number of nitrogens with one attached hydrogen (secondary N) is 2. The molecule has 0 spiro atoms. The molecule has 0 saturated carbocycles. The number of rotatable bonds is 8. The summed E-state index contributed by atoms with van der Waals surface area (Å²) in [5, 5.41) is 17.0. The maximum absolute atomic E-state index is 12.9. The fraction of sp³-hybridized carbons (Fsp3) is 0.125. The Hall–Kier alpha value is -3.16. The number of hydrogen-bond acceptors (Lipinski definition) is 5. The highest BCUT2D eigenvalue weighted by Crippen LogP contribution is 2.33. The van der Waals surface area contributed by atoms with Gasteiger partial charge in [0.05, 0.1) is 12.8 Å². The third-order valence-corrected chi connectivity index (χ3v) is 5.41. The predicted octanol–water partition coefficient (Wildman–Crippen LogP) is 4.55. The van der Waals surface area contributed by atoms with Crippen molar-refractivity contribution in [3.63, 3.8) is 0 Å². The van der Waals surface area contributed by atoms with Crippen molar-refractivity contribution in [2.75, 3.05) is 7.11 Å². The summed E-state index contributed by atoms with van der Waals surface area (Å²) in [7, 11) is 1.46. The molecule has 3 aromatic carbocycles. The van der Waals surface area contributed by atoms with E-state index in [0.29, 0.717) is 33.1 Å². The van der Waals surface area contributed by atoms with Gasteiger partial charge in [-0.25, -0.2) is 0 Å². The number of nitrogens with two attached hydrogens (primary N) is 1. The molecule has 0 heterocycles. The molecule has 32 heavy (non-hydrogen) atoms. The van der Waals surface area contributed by atoms with Gasteiger partial charge in [0, 0.05) is 28.1 Å². The molecule has 1 amide bonds. The van der Waals surface area contributed by atoms with Gasteiger partial charge in [-0.15, -0.1) is 0 Å². The molecule has 0 bridgehead atoms. The van der Waals surface area contributed by atoms with Crippen molar-refractivity contribution >= 4 is 39.1 Å². The summed E-state index contributed by atoms with van der Waals surface area (Å²) in [6.07, 6.45) is 0. The maximum atomic E-state index is 12.9. The van der Waals surface area contributed by atoms with Crippen LogP contribution in [0, 0.1) is 0 Å². The van der Waals surface area contributed by atoms with Gasteiger partial charge in [-0.1, -0.05) is 70.0 Å². The molecule has 6 nitrogen and oxygen atoms in total.